The van der Waals surface area contributed by atoms with Crippen molar-refractivity contribution >= 4 is 23.0 Å². The molecule has 0 radical (unpaired) electrons. The summed E-state index contributed by atoms with van der Waals surface area (Å²) in [6.45, 7) is 5.32. The molecule has 0 aliphatic carbocycles. The Bertz CT molecular complexity index is 1150. The van der Waals surface area contributed by atoms with E-state index in [-0.39, 0.29) is 48.4 Å². The third-order valence-electron chi connectivity index (χ3n) is 4.92. The normalized spacial score (nSPS) is 18.7. The van der Waals surface area contributed by atoms with E-state index in [9.17, 15) is 14.0 Å². The summed E-state index contributed by atoms with van der Waals surface area (Å²) < 4.78 is 36.7. The van der Waals surface area contributed by atoms with Crippen LogP contribution in [0.4, 0.5) is 10.2 Å². The maximum Gasteiger partial charge on any atom is 0.519 e. The molecule has 3 aromatic heterocycles. The van der Waals surface area contributed by atoms with Crippen molar-refractivity contribution in [3.05, 3.63) is 34.5 Å². The fourth-order valence-electron chi connectivity index (χ4n) is 3.28. The van der Waals surface area contributed by atoms with E-state index < -0.39 is 18.1 Å². The van der Waals surface area contributed by atoms with E-state index in [1.807, 2.05) is 0 Å². The third kappa shape index (κ3) is 4.43. The van der Waals surface area contributed by atoms with E-state index in [2.05, 4.69) is 20.3 Å². The van der Waals surface area contributed by atoms with Crippen LogP contribution in [0.1, 0.15) is 44.4 Å². The van der Waals surface area contributed by atoms with Crippen LogP contribution in [0.25, 0.3) is 11.2 Å². The van der Waals surface area contributed by atoms with Crippen LogP contribution in [0.5, 0.6) is 0 Å². The minimum Gasteiger partial charge on any atom is -0.463 e. The molecule has 1 N–H and O–H groups in total. The Kier molecular flexibility index (Phi) is 5.72. The standard InChI is InChI=1S/C19H22FN5O6/c1-9(2)17(26)28-7-11-4-5-13(30-11)25-8-22-14-15(23-18(20)24-16(14)25)21-6-12-10(3)29-19(27)31-12/h8-9,11,13H,4-7H2,1-3H3,(H,21,23,24). The maximum atomic E-state index is 14.1. The zero-order valence-electron chi connectivity index (χ0n) is 17.3. The average molecular weight is 435 g/mol. The topological polar surface area (TPSA) is 135 Å². The van der Waals surface area contributed by atoms with E-state index in [1.54, 1.807) is 25.3 Å². The molecule has 166 valence electrons. The third-order valence-corrected chi connectivity index (χ3v) is 4.92. The molecule has 2 atom stereocenters. The highest BCUT2D eigenvalue weighted by Crippen LogP contribution is 2.32. The minimum atomic E-state index is -0.942. The molecule has 1 fully saturated rings. The van der Waals surface area contributed by atoms with Crippen LogP contribution in [0.15, 0.2) is 20.0 Å². The van der Waals surface area contributed by atoms with Gasteiger partial charge >= 0.3 is 17.9 Å². The quantitative estimate of drug-likeness (QED) is 0.435. The number of carbonyl (C=O) groups excluding carboxylic acids is 1. The van der Waals surface area contributed by atoms with Crippen LogP contribution in [0.2, 0.25) is 0 Å². The molecular weight excluding hydrogens is 413 g/mol. The van der Waals surface area contributed by atoms with Gasteiger partial charge < -0.3 is 23.6 Å². The highest BCUT2D eigenvalue weighted by atomic mass is 19.1. The van der Waals surface area contributed by atoms with Crippen molar-refractivity contribution in [1.29, 1.82) is 0 Å². The smallest absolute Gasteiger partial charge is 0.463 e. The summed E-state index contributed by atoms with van der Waals surface area (Å²) in [4.78, 5) is 34.8. The van der Waals surface area contributed by atoms with E-state index in [1.165, 1.54) is 6.33 Å². The molecule has 11 nitrogen and oxygen atoms in total. The Hall–Kier alpha value is -3.28. The molecule has 0 aromatic carbocycles. The largest absolute Gasteiger partial charge is 0.519 e. The molecule has 0 amide bonds. The molecule has 0 spiro atoms. The molecular formula is C19H22FN5O6. The van der Waals surface area contributed by atoms with E-state index in [4.69, 9.17) is 18.3 Å². The number of anilines is 1. The van der Waals surface area contributed by atoms with Crippen LogP contribution >= 0.6 is 0 Å². The Balaban J connectivity index is 1.49. The Morgan fingerprint density at radius 2 is 2.16 bits per heavy atom. The first-order valence-electron chi connectivity index (χ1n) is 9.87. The van der Waals surface area contributed by atoms with Gasteiger partial charge in [-0.15, -0.1) is 0 Å². The maximum absolute atomic E-state index is 14.1. The summed E-state index contributed by atoms with van der Waals surface area (Å²) in [5.74, 6) is -0.574. The lowest BCUT2D eigenvalue weighted by atomic mass is 10.2. The van der Waals surface area contributed by atoms with Gasteiger partial charge in [0.05, 0.1) is 24.9 Å². The van der Waals surface area contributed by atoms with Gasteiger partial charge in [0, 0.05) is 0 Å². The van der Waals surface area contributed by atoms with Gasteiger partial charge in [0.25, 0.3) is 0 Å². The lowest BCUT2D eigenvalue weighted by molar-refractivity contribution is -0.152. The highest BCUT2D eigenvalue weighted by molar-refractivity contribution is 5.82. The number of halogens is 1. The Morgan fingerprint density at radius 1 is 1.35 bits per heavy atom. The summed E-state index contributed by atoms with van der Waals surface area (Å²) >= 11 is 0. The number of hydrogen-bond acceptors (Lipinski definition) is 10. The van der Waals surface area contributed by atoms with Crippen molar-refractivity contribution < 1.29 is 27.5 Å². The van der Waals surface area contributed by atoms with Crippen LogP contribution in [-0.4, -0.2) is 38.2 Å². The van der Waals surface area contributed by atoms with Gasteiger partial charge in [-0.1, -0.05) is 13.8 Å². The van der Waals surface area contributed by atoms with Crippen LogP contribution in [0.3, 0.4) is 0 Å². The van der Waals surface area contributed by atoms with Crippen LogP contribution < -0.4 is 11.1 Å². The number of nitrogens with zero attached hydrogens (tertiary/aromatic N) is 4. The Labute approximate surface area is 175 Å². The van der Waals surface area contributed by atoms with Crippen molar-refractivity contribution in [3.63, 3.8) is 0 Å². The SMILES string of the molecule is Cc1oc(=O)oc1CNc1nc(F)nc2c1ncn2C1CCC(COC(=O)C(C)C)O1. The average Bonchev–Trinajstić information content (AvgIpc) is 3.42. The lowest BCUT2D eigenvalue weighted by Gasteiger charge is -2.16. The Morgan fingerprint density at radius 3 is 2.87 bits per heavy atom. The van der Waals surface area contributed by atoms with E-state index in [0.717, 1.165) is 0 Å². The number of hydrogen-bond donors (Lipinski definition) is 1. The summed E-state index contributed by atoms with van der Waals surface area (Å²) in [7, 11) is 0. The zero-order chi connectivity index (χ0) is 22.1. The first kappa shape index (κ1) is 21.0. The number of fused-ring (bicyclic) bond motifs is 1. The van der Waals surface area contributed by atoms with Crippen molar-refractivity contribution in [3.8, 4) is 0 Å². The number of esters is 1. The highest BCUT2D eigenvalue weighted by Gasteiger charge is 2.30. The van der Waals surface area contributed by atoms with Gasteiger partial charge in [-0.25, -0.2) is 9.78 Å². The first-order valence-corrected chi connectivity index (χ1v) is 9.87. The monoisotopic (exact) mass is 435 g/mol. The number of imidazole rings is 1. The molecule has 31 heavy (non-hydrogen) atoms. The molecule has 0 bridgehead atoms. The molecule has 3 aromatic rings. The van der Waals surface area contributed by atoms with Crippen molar-refractivity contribution in [2.45, 2.75) is 52.5 Å². The van der Waals surface area contributed by atoms with Gasteiger partial charge in [0.1, 0.15) is 18.6 Å². The fraction of sp³-hybridized carbons (Fsp3) is 0.526. The van der Waals surface area contributed by atoms with Gasteiger partial charge in [-0.3, -0.25) is 9.36 Å². The lowest BCUT2D eigenvalue weighted by Crippen LogP contribution is -2.21. The molecule has 1 aliphatic rings. The fourth-order valence-corrected chi connectivity index (χ4v) is 3.28. The van der Waals surface area contributed by atoms with Crippen LogP contribution in [-0.2, 0) is 20.8 Å². The predicted molar refractivity (Wildman–Crippen MR) is 104 cm³/mol. The number of nitrogens with one attached hydrogen (secondary N) is 1. The van der Waals surface area contributed by atoms with Gasteiger partial charge in [0.2, 0.25) is 0 Å². The molecule has 1 aliphatic heterocycles. The molecule has 2 unspecified atom stereocenters. The summed E-state index contributed by atoms with van der Waals surface area (Å²) in [6, 6.07) is 0. The minimum absolute atomic E-state index is 0.0548. The van der Waals surface area contributed by atoms with Gasteiger partial charge in [-0.2, -0.15) is 14.4 Å². The second-order valence-electron chi connectivity index (χ2n) is 7.53. The molecule has 0 saturated carbocycles. The second-order valence-corrected chi connectivity index (χ2v) is 7.53. The first-order chi connectivity index (χ1) is 14.8. The molecule has 12 heteroatoms. The summed E-state index contributed by atoms with van der Waals surface area (Å²) in [5, 5.41) is 2.90. The van der Waals surface area contributed by atoms with Crippen molar-refractivity contribution in [1.82, 2.24) is 19.5 Å². The summed E-state index contributed by atoms with van der Waals surface area (Å²) in [5.41, 5.74) is 0.591. The molecule has 1 saturated heterocycles. The number of aromatic nitrogens is 4. The van der Waals surface area contributed by atoms with E-state index >= 15 is 0 Å². The zero-order valence-corrected chi connectivity index (χ0v) is 17.3. The van der Waals surface area contributed by atoms with Crippen LogP contribution in [0, 0.1) is 18.9 Å². The predicted octanol–water partition coefficient (Wildman–Crippen LogP) is 2.31. The molecule has 4 rings (SSSR count). The number of ether oxygens (including phenoxy) is 2. The van der Waals surface area contributed by atoms with Crippen molar-refractivity contribution in [2.24, 2.45) is 5.92 Å². The number of aryl methyl sites for hydroxylation is 1. The molecule has 4 heterocycles. The number of carbonyl (C=O) groups is 1. The van der Waals surface area contributed by atoms with E-state index in [0.29, 0.717) is 24.1 Å². The number of rotatable bonds is 7. The van der Waals surface area contributed by atoms with Gasteiger partial charge in [0.15, 0.2) is 22.7 Å². The van der Waals surface area contributed by atoms with Gasteiger partial charge in [-0.05, 0) is 19.8 Å². The van der Waals surface area contributed by atoms with Crippen molar-refractivity contribution in [2.75, 3.05) is 11.9 Å². The summed E-state index contributed by atoms with van der Waals surface area (Å²) in [6.07, 6.45) is 1.17. The second kappa shape index (κ2) is 8.46.